The standard InChI is InChI=1S/C13H17IN2O/c1-10(17)16-8-6-11(7-9-16)15-13-5-3-2-4-12(13)14/h2-5,11,15H,6-9H2,1H3. The SMILES string of the molecule is CC(=O)N1CCC(Nc2ccccc2I)CC1. The van der Waals surface area contributed by atoms with E-state index in [-0.39, 0.29) is 5.91 Å². The lowest BCUT2D eigenvalue weighted by Gasteiger charge is -2.32. The number of piperidine rings is 1. The van der Waals surface area contributed by atoms with Crippen molar-refractivity contribution in [1.29, 1.82) is 0 Å². The third kappa shape index (κ3) is 3.34. The van der Waals surface area contributed by atoms with E-state index in [0.717, 1.165) is 25.9 Å². The van der Waals surface area contributed by atoms with E-state index >= 15 is 0 Å². The summed E-state index contributed by atoms with van der Waals surface area (Å²) in [7, 11) is 0. The van der Waals surface area contributed by atoms with Crippen molar-refractivity contribution < 1.29 is 4.79 Å². The molecule has 0 saturated carbocycles. The molecule has 0 aromatic heterocycles. The number of halogens is 1. The maximum Gasteiger partial charge on any atom is 0.219 e. The van der Waals surface area contributed by atoms with Gasteiger partial charge in [-0.2, -0.15) is 0 Å². The van der Waals surface area contributed by atoms with Crippen LogP contribution in [0.3, 0.4) is 0 Å². The Kier molecular flexibility index (Phi) is 4.25. The van der Waals surface area contributed by atoms with Crippen molar-refractivity contribution in [2.24, 2.45) is 0 Å². The van der Waals surface area contributed by atoms with Crippen LogP contribution in [0.1, 0.15) is 19.8 Å². The molecule has 92 valence electrons. The lowest BCUT2D eigenvalue weighted by molar-refractivity contribution is -0.129. The average Bonchev–Trinajstić information content (AvgIpc) is 2.33. The molecule has 0 atom stereocenters. The van der Waals surface area contributed by atoms with Crippen LogP contribution in [0.25, 0.3) is 0 Å². The van der Waals surface area contributed by atoms with Gasteiger partial charge in [0.1, 0.15) is 0 Å². The molecule has 0 aliphatic carbocycles. The zero-order chi connectivity index (χ0) is 12.3. The number of nitrogens with zero attached hydrogens (tertiary/aromatic N) is 1. The van der Waals surface area contributed by atoms with Crippen LogP contribution in [-0.4, -0.2) is 29.9 Å². The minimum atomic E-state index is 0.192. The molecule has 0 radical (unpaired) electrons. The molecule has 1 amide bonds. The molecule has 1 fully saturated rings. The Labute approximate surface area is 116 Å². The van der Waals surface area contributed by atoms with Crippen molar-refractivity contribution in [2.75, 3.05) is 18.4 Å². The second-order valence-electron chi connectivity index (χ2n) is 4.40. The normalized spacial score (nSPS) is 16.9. The highest BCUT2D eigenvalue weighted by molar-refractivity contribution is 14.1. The minimum Gasteiger partial charge on any atom is -0.381 e. The lowest BCUT2D eigenvalue weighted by Crippen LogP contribution is -2.41. The highest BCUT2D eigenvalue weighted by atomic mass is 127. The second kappa shape index (κ2) is 5.71. The summed E-state index contributed by atoms with van der Waals surface area (Å²) in [5.41, 5.74) is 1.20. The zero-order valence-corrected chi connectivity index (χ0v) is 12.1. The summed E-state index contributed by atoms with van der Waals surface area (Å²) in [5, 5.41) is 3.56. The molecule has 3 nitrogen and oxygen atoms in total. The van der Waals surface area contributed by atoms with Gasteiger partial charge in [0.25, 0.3) is 0 Å². The number of benzene rings is 1. The maximum absolute atomic E-state index is 11.2. The number of para-hydroxylation sites is 1. The average molecular weight is 344 g/mol. The molecule has 0 bridgehead atoms. The first-order chi connectivity index (χ1) is 8.16. The predicted octanol–water partition coefficient (Wildman–Crippen LogP) is 2.71. The molecule has 1 N–H and O–H groups in total. The van der Waals surface area contributed by atoms with Gasteiger partial charge < -0.3 is 10.2 Å². The summed E-state index contributed by atoms with van der Waals surface area (Å²) in [5.74, 6) is 0.192. The molecular formula is C13H17IN2O. The van der Waals surface area contributed by atoms with E-state index in [0.29, 0.717) is 6.04 Å². The second-order valence-corrected chi connectivity index (χ2v) is 5.57. The van der Waals surface area contributed by atoms with Gasteiger partial charge in [-0.3, -0.25) is 4.79 Å². The molecule has 4 heteroatoms. The van der Waals surface area contributed by atoms with Gasteiger partial charge >= 0.3 is 0 Å². The molecule has 0 spiro atoms. The first-order valence-corrected chi connectivity index (χ1v) is 7.01. The maximum atomic E-state index is 11.2. The van der Waals surface area contributed by atoms with Crippen LogP contribution < -0.4 is 5.32 Å². The zero-order valence-electron chi connectivity index (χ0n) is 9.95. The minimum absolute atomic E-state index is 0.192. The smallest absolute Gasteiger partial charge is 0.219 e. The number of carbonyl (C=O) groups excluding carboxylic acids is 1. The molecule has 1 aromatic rings. The fourth-order valence-corrected chi connectivity index (χ4v) is 2.68. The summed E-state index contributed by atoms with van der Waals surface area (Å²) in [4.78, 5) is 13.1. The summed E-state index contributed by atoms with van der Waals surface area (Å²) in [6.07, 6.45) is 2.06. The number of amides is 1. The number of anilines is 1. The number of likely N-dealkylation sites (tertiary alicyclic amines) is 1. The Bertz CT molecular complexity index is 400. The van der Waals surface area contributed by atoms with Gasteiger partial charge in [-0.15, -0.1) is 0 Å². The summed E-state index contributed by atoms with van der Waals surface area (Å²) < 4.78 is 1.25. The first kappa shape index (κ1) is 12.7. The Hall–Kier alpha value is -0.780. The van der Waals surface area contributed by atoms with Crippen LogP contribution in [-0.2, 0) is 4.79 Å². The lowest BCUT2D eigenvalue weighted by atomic mass is 10.0. The van der Waals surface area contributed by atoms with Gasteiger partial charge in [-0.05, 0) is 47.6 Å². The van der Waals surface area contributed by atoms with Crippen molar-refractivity contribution in [1.82, 2.24) is 4.90 Å². The van der Waals surface area contributed by atoms with E-state index in [2.05, 4.69) is 46.1 Å². The van der Waals surface area contributed by atoms with Crippen molar-refractivity contribution in [2.45, 2.75) is 25.8 Å². The Morgan fingerprint density at radius 1 is 1.35 bits per heavy atom. The molecule has 1 heterocycles. The number of hydrogen-bond donors (Lipinski definition) is 1. The summed E-state index contributed by atoms with van der Waals surface area (Å²) in [6, 6.07) is 8.80. The highest BCUT2D eigenvalue weighted by Crippen LogP contribution is 2.21. The van der Waals surface area contributed by atoms with Gasteiger partial charge in [-0.25, -0.2) is 0 Å². The molecule has 0 unspecified atom stereocenters. The van der Waals surface area contributed by atoms with Crippen LogP contribution in [0.4, 0.5) is 5.69 Å². The third-order valence-corrected chi connectivity index (χ3v) is 4.11. The summed E-state index contributed by atoms with van der Waals surface area (Å²) in [6.45, 7) is 3.39. The number of hydrogen-bond acceptors (Lipinski definition) is 2. The van der Waals surface area contributed by atoms with Crippen LogP contribution in [0, 0.1) is 3.57 Å². The van der Waals surface area contributed by atoms with Crippen molar-refractivity contribution >= 4 is 34.2 Å². The Balaban J connectivity index is 1.90. The largest absolute Gasteiger partial charge is 0.381 e. The van der Waals surface area contributed by atoms with Crippen molar-refractivity contribution in [3.8, 4) is 0 Å². The number of rotatable bonds is 2. The number of nitrogens with one attached hydrogen (secondary N) is 1. The van der Waals surface area contributed by atoms with E-state index in [1.165, 1.54) is 9.26 Å². The van der Waals surface area contributed by atoms with E-state index in [1.54, 1.807) is 6.92 Å². The third-order valence-electron chi connectivity index (χ3n) is 3.17. The quantitative estimate of drug-likeness (QED) is 0.837. The van der Waals surface area contributed by atoms with Crippen LogP contribution in [0.15, 0.2) is 24.3 Å². The van der Waals surface area contributed by atoms with Gasteiger partial charge in [-0.1, -0.05) is 12.1 Å². The van der Waals surface area contributed by atoms with Gasteiger partial charge in [0.2, 0.25) is 5.91 Å². The van der Waals surface area contributed by atoms with Crippen LogP contribution in [0.2, 0.25) is 0 Å². The van der Waals surface area contributed by atoms with E-state index in [1.807, 2.05) is 11.0 Å². The van der Waals surface area contributed by atoms with Gasteiger partial charge in [0, 0.05) is 35.3 Å². The first-order valence-electron chi connectivity index (χ1n) is 5.93. The van der Waals surface area contributed by atoms with Gasteiger partial charge in [0.15, 0.2) is 0 Å². The van der Waals surface area contributed by atoms with E-state index in [4.69, 9.17) is 0 Å². The van der Waals surface area contributed by atoms with Crippen LogP contribution in [0.5, 0.6) is 0 Å². The molecular weight excluding hydrogens is 327 g/mol. The predicted molar refractivity (Wildman–Crippen MR) is 78.1 cm³/mol. The van der Waals surface area contributed by atoms with E-state index in [9.17, 15) is 4.79 Å². The Morgan fingerprint density at radius 3 is 2.59 bits per heavy atom. The fraction of sp³-hybridized carbons (Fsp3) is 0.462. The molecule has 2 rings (SSSR count). The topological polar surface area (TPSA) is 32.3 Å². The molecule has 1 aliphatic heterocycles. The van der Waals surface area contributed by atoms with E-state index < -0.39 is 0 Å². The van der Waals surface area contributed by atoms with Crippen molar-refractivity contribution in [3.63, 3.8) is 0 Å². The molecule has 17 heavy (non-hydrogen) atoms. The molecule has 1 aromatic carbocycles. The van der Waals surface area contributed by atoms with Crippen molar-refractivity contribution in [3.05, 3.63) is 27.8 Å². The van der Waals surface area contributed by atoms with Crippen LogP contribution >= 0.6 is 22.6 Å². The summed E-state index contributed by atoms with van der Waals surface area (Å²) >= 11 is 2.34. The number of carbonyl (C=O) groups is 1. The highest BCUT2D eigenvalue weighted by Gasteiger charge is 2.20. The monoisotopic (exact) mass is 344 g/mol. The molecule has 1 saturated heterocycles. The van der Waals surface area contributed by atoms with Gasteiger partial charge in [0.05, 0.1) is 0 Å². The molecule has 1 aliphatic rings. The fourth-order valence-electron chi connectivity index (χ4n) is 2.14. The Morgan fingerprint density at radius 2 is 2.00 bits per heavy atom.